The van der Waals surface area contributed by atoms with Crippen LogP contribution in [-0.4, -0.2) is 35.1 Å². The number of hydrogen-bond donors (Lipinski definition) is 1. The lowest BCUT2D eigenvalue weighted by atomic mass is 10.1. The third-order valence-electron chi connectivity index (χ3n) is 4.76. The van der Waals surface area contributed by atoms with Gasteiger partial charge in [-0.1, -0.05) is 23.4 Å². The number of ketones is 1. The number of Topliss-reactive ketones (excluding diaryl/α,β-unsaturated/α-hetero) is 1. The molecule has 3 heterocycles. The van der Waals surface area contributed by atoms with Crippen molar-refractivity contribution in [1.29, 1.82) is 0 Å². The number of aromatic nitrogens is 2. The number of esters is 1. The molecule has 150 valence electrons. The summed E-state index contributed by atoms with van der Waals surface area (Å²) in [7, 11) is 0. The molecule has 1 N–H and O–H groups in total. The van der Waals surface area contributed by atoms with Crippen molar-refractivity contribution in [2.24, 2.45) is 0 Å². The second kappa shape index (κ2) is 7.40. The summed E-state index contributed by atoms with van der Waals surface area (Å²) in [6.07, 6.45) is 1.50. The van der Waals surface area contributed by atoms with Gasteiger partial charge in [-0.15, -0.1) is 0 Å². The van der Waals surface area contributed by atoms with Gasteiger partial charge in [0, 0.05) is 28.7 Å². The summed E-state index contributed by atoms with van der Waals surface area (Å²) in [5, 5.41) is 4.58. The van der Waals surface area contributed by atoms with E-state index in [9.17, 15) is 9.59 Å². The quantitative estimate of drug-likeness (QED) is 0.308. The van der Waals surface area contributed by atoms with Gasteiger partial charge in [-0.25, -0.2) is 4.79 Å². The van der Waals surface area contributed by atoms with Crippen molar-refractivity contribution in [3.05, 3.63) is 66.0 Å². The summed E-state index contributed by atoms with van der Waals surface area (Å²) < 4.78 is 21.5. The van der Waals surface area contributed by atoms with Crippen molar-refractivity contribution in [1.82, 2.24) is 10.1 Å². The lowest BCUT2D eigenvalue weighted by molar-refractivity contribution is -0.139. The molecule has 4 aromatic rings. The van der Waals surface area contributed by atoms with E-state index in [1.165, 1.54) is 6.20 Å². The highest BCUT2D eigenvalue weighted by Gasteiger charge is 2.22. The molecule has 2 aromatic carbocycles. The van der Waals surface area contributed by atoms with Gasteiger partial charge < -0.3 is 23.7 Å². The Bertz CT molecular complexity index is 1260. The number of nitrogens with zero attached hydrogens (tertiary/aromatic N) is 1. The van der Waals surface area contributed by atoms with Crippen LogP contribution in [0.4, 0.5) is 0 Å². The first-order valence-corrected chi connectivity index (χ1v) is 9.32. The third-order valence-corrected chi connectivity index (χ3v) is 4.76. The van der Waals surface area contributed by atoms with Crippen molar-refractivity contribution in [3.63, 3.8) is 0 Å². The number of fused-ring (bicyclic) bond motifs is 2. The highest BCUT2D eigenvalue weighted by atomic mass is 16.6. The Balaban J connectivity index is 1.26. The summed E-state index contributed by atoms with van der Waals surface area (Å²) in [5.74, 6) is 0.120. The van der Waals surface area contributed by atoms with E-state index in [4.69, 9.17) is 18.7 Å². The van der Waals surface area contributed by atoms with Gasteiger partial charge in [0.05, 0.1) is 5.56 Å². The Kier molecular flexibility index (Phi) is 4.44. The zero-order valence-corrected chi connectivity index (χ0v) is 15.7. The van der Waals surface area contributed by atoms with Gasteiger partial charge in [0.1, 0.15) is 25.5 Å². The lowest BCUT2D eigenvalue weighted by Gasteiger charge is -2.18. The maximum absolute atomic E-state index is 12.4. The molecule has 0 atom stereocenters. The molecular weight excluding hydrogens is 388 g/mol. The summed E-state index contributed by atoms with van der Waals surface area (Å²) in [6.45, 7) is 0.820. The monoisotopic (exact) mass is 404 g/mol. The third kappa shape index (κ3) is 3.28. The molecule has 0 unspecified atom stereocenters. The number of H-pyrrole nitrogens is 1. The SMILES string of the molecule is O=C(OCc1cc(-c2ccc3c(c2)OCCO3)on1)C(=O)c1c[nH]c2ccccc12. The van der Waals surface area contributed by atoms with Crippen molar-refractivity contribution in [3.8, 4) is 22.8 Å². The molecule has 2 aromatic heterocycles. The average molecular weight is 404 g/mol. The first-order valence-electron chi connectivity index (χ1n) is 9.32. The van der Waals surface area contributed by atoms with E-state index in [2.05, 4.69) is 10.1 Å². The maximum atomic E-state index is 12.4. The summed E-state index contributed by atoms with van der Waals surface area (Å²) in [5.41, 5.74) is 2.18. The van der Waals surface area contributed by atoms with E-state index in [1.807, 2.05) is 18.2 Å². The average Bonchev–Trinajstić information content (AvgIpc) is 3.44. The number of hydrogen-bond acceptors (Lipinski definition) is 7. The number of carbonyl (C=O) groups excluding carboxylic acids is 2. The normalized spacial score (nSPS) is 12.7. The van der Waals surface area contributed by atoms with Gasteiger partial charge in [-0.05, 0) is 24.3 Å². The van der Waals surface area contributed by atoms with Crippen LogP contribution in [0.3, 0.4) is 0 Å². The molecule has 0 aliphatic carbocycles. The van der Waals surface area contributed by atoms with Gasteiger partial charge in [0.15, 0.2) is 17.3 Å². The molecule has 8 heteroatoms. The largest absolute Gasteiger partial charge is 0.486 e. The predicted octanol–water partition coefficient (Wildman–Crippen LogP) is 3.52. The van der Waals surface area contributed by atoms with Crippen LogP contribution in [0.5, 0.6) is 11.5 Å². The lowest BCUT2D eigenvalue weighted by Crippen LogP contribution is -2.17. The highest BCUT2D eigenvalue weighted by Crippen LogP contribution is 2.34. The summed E-state index contributed by atoms with van der Waals surface area (Å²) in [4.78, 5) is 27.6. The first kappa shape index (κ1) is 18.0. The zero-order chi connectivity index (χ0) is 20.5. The molecule has 5 rings (SSSR count). The zero-order valence-electron chi connectivity index (χ0n) is 15.7. The molecule has 0 bridgehead atoms. The number of ether oxygens (including phenoxy) is 3. The van der Waals surface area contributed by atoms with Gasteiger partial charge in [-0.3, -0.25) is 4.79 Å². The van der Waals surface area contributed by atoms with Crippen LogP contribution >= 0.6 is 0 Å². The van der Waals surface area contributed by atoms with E-state index in [1.54, 1.807) is 30.3 Å². The number of rotatable bonds is 5. The summed E-state index contributed by atoms with van der Waals surface area (Å²) in [6, 6.07) is 14.3. The molecule has 0 spiro atoms. The Morgan fingerprint density at radius 2 is 1.87 bits per heavy atom. The molecule has 0 saturated carbocycles. The number of aromatic amines is 1. The van der Waals surface area contributed by atoms with Crippen molar-refractivity contribution in [2.45, 2.75) is 6.61 Å². The second-order valence-electron chi connectivity index (χ2n) is 6.69. The van der Waals surface area contributed by atoms with Crippen molar-refractivity contribution < 1.29 is 28.3 Å². The molecule has 30 heavy (non-hydrogen) atoms. The van der Waals surface area contributed by atoms with Gasteiger partial charge >= 0.3 is 5.97 Å². The van der Waals surface area contributed by atoms with Crippen LogP contribution in [0.25, 0.3) is 22.2 Å². The molecule has 8 nitrogen and oxygen atoms in total. The van der Waals surface area contributed by atoms with Crippen LogP contribution in [0.2, 0.25) is 0 Å². The molecule has 1 aliphatic rings. The van der Waals surface area contributed by atoms with Crippen LogP contribution in [0, 0.1) is 0 Å². The second-order valence-corrected chi connectivity index (χ2v) is 6.69. The Labute approximate surface area is 170 Å². The van der Waals surface area contributed by atoms with Crippen LogP contribution in [0.15, 0.2) is 59.3 Å². The van der Waals surface area contributed by atoms with Crippen LogP contribution < -0.4 is 9.47 Å². The van der Waals surface area contributed by atoms with Crippen LogP contribution in [0.1, 0.15) is 16.1 Å². The molecule has 0 saturated heterocycles. The van der Waals surface area contributed by atoms with E-state index in [0.717, 1.165) is 11.1 Å². The van der Waals surface area contributed by atoms with E-state index in [0.29, 0.717) is 41.6 Å². The number of benzene rings is 2. The van der Waals surface area contributed by atoms with E-state index < -0.39 is 11.8 Å². The first-order chi connectivity index (χ1) is 14.7. The fourth-order valence-corrected chi connectivity index (χ4v) is 3.29. The standard InChI is InChI=1S/C22H16N2O6/c25-21(16-11-23-17-4-2-1-3-15(16)17)22(26)29-12-14-10-19(30-24-14)13-5-6-18-20(9-13)28-8-7-27-18/h1-6,9-11,23H,7-8,12H2. The highest BCUT2D eigenvalue weighted by molar-refractivity contribution is 6.42. The topological polar surface area (TPSA) is 104 Å². The number of carbonyl (C=O) groups is 2. The number of nitrogens with one attached hydrogen (secondary N) is 1. The Morgan fingerprint density at radius 3 is 2.77 bits per heavy atom. The van der Waals surface area contributed by atoms with Gasteiger partial charge in [0.2, 0.25) is 0 Å². The minimum Gasteiger partial charge on any atom is -0.486 e. The minimum absolute atomic E-state index is 0.180. The predicted molar refractivity (Wildman–Crippen MR) is 105 cm³/mol. The smallest absolute Gasteiger partial charge is 0.380 e. The van der Waals surface area contributed by atoms with Crippen LogP contribution in [-0.2, 0) is 16.1 Å². The van der Waals surface area contributed by atoms with Crippen molar-refractivity contribution >= 4 is 22.7 Å². The fourth-order valence-electron chi connectivity index (χ4n) is 3.29. The Morgan fingerprint density at radius 1 is 1.03 bits per heavy atom. The van der Waals surface area contributed by atoms with Gasteiger partial charge in [0.25, 0.3) is 5.78 Å². The molecule has 0 amide bonds. The fraction of sp³-hybridized carbons (Fsp3) is 0.136. The molecule has 0 radical (unpaired) electrons. The number of para-hydroxylation sites is 1. The Hall–Kier alpha value is -4.07. The van der Waals surface area contributed by atoms with Gasteiger partial charge in [-0.2, -0.15) is 0 Å². The minimum atomic E-state index is -0.955. The van der Waals surface area contributed by atoms with E-state index >= 15 is 0 Å². The summed E-state index contributed by atoms with van der Waals surface area (Å²) >= 11 is 0. The molecular formula is C22H16N2O6. The molecule has 0 fully saturated rings. The van der Waals surface area contributed by atoms with Crippen molar-refractivity contribution in [2.75, 3.05) is 13.2 Å². The maximum Gasteiger partial charge on any atom is 0.380 e. The molecule has 1 aliphatic heterocycles. The van der Waals surface area contributed by atoms with E-state index in [-0.39, 0.29) is 12.2 Å².